The quantitative estimate of drug-likeness (QED) is 0.737. The highest BCUT2D eigenvalue weighted by molar-refractivity contribution is 5.75. The second-order valence-electron chi connectivity index (χ2n) is 3.99. The van der Waals surface area contributed by atoms with E-state index in [4.69, 9.17) is 0 Å². The van der Waals surface area contributed by atoms with Gasteiger partial charge in [0.2, 0.25) is 0 Å². The lowest BCUT2D eigenvalue weighted by molar-refractivity contribution is 0.606. The normalized spacial score (nSPS) is 20.4. The molecule has 3 rings (SSSR count). The Kier molecular flexibility index (Phi) is 2.18. The summed E-state index contributed by atoms with van der Waals surface area (Å²) in [5.41, 5.74) is 0.601. The molecule has 1 aliphatic heterocycles. The van der Waals surface area contributed by atoms with Gasteiger partial charge in [0.1, 0.15) is 5.82 Å². The molecule has 3 heterocycles. The van der Waals surface area contributed by atoms with Gasteiger partial charge in [-0.25, -0.2) is 4.98 Å². The molecule has 0 aliphatic carbocycles. The molecule has 0 unspecified atom stereocenters. The largest absolute Gasteiger partial charge is 0.309 e. The van der Waals surface area contributed by atoms with Crippen molar-refractivity contribution < 1.29 is 0 Å². The van der Waals surface area contributed by atoms with Gasteiger partial charge in [-0.1, -0.05) is 0 Å². The molecule has 0 spiro atoms. The summed E-state index contributed by atoms with van der Waals surface area (Å²) in [5, 5.41) is 3.86. The van der Waals surface area contributed by atoms with E-state index in [9.17, 15) is 4.79 Å². The number of fused-ring (bicyclic) bond motifs is 1. The Balaban J connectivity index is 2.17. The van der Waals surface area contributed by atoms with Gasteiger partial charge in [0.25, 0.3) is 5.56 Å². The second kappa shape index (κ2) is 3.68. The van der Waals surface area contributed by atoms with Crippen LogP contribution in [-0.2, 0) is 0 Å². The average Bonchev–Trinajstić information content (AvgIpc) is 2.82. The fourth-order valence-corrected chi connectivity index (χ4v) is 2.08. The van der Waals surface area contributed by atoms with Gasteiger partial charge in [0, 0.05) is 12.4 Å². The maximum atomic E-state index is 11.8. The Morgan fingerprint density at radius 3 is 3.19 bits per heavy atom. The number of rotatable bonds is 1. The van der Waals surface area contributed by atoms with Crippen LogP contribution in [0.15, 0.2) is 23.3 Å². The topological polar surface area (TPSA) is 70.7 Å². The molecular formula is C11H12N4O. The molecule has 2 aromatic heterocycles. The van der Waals surface area contributed by atoms with Gasteiger partial charge in [0.15, 0.2) is 0 Å². The van der Waals surface area contributed by atoms with Crippen LogP contribution in [0.2, 0.25) is 0 Å². The zero-order valence-corrected chi connectivity index (χ0v) is 8.73. The van der Waals surface area contributed by atoms with E-state index < -0.39 is 0 Å². The summed E-state index contributed by atoms with van der Waals surface area (Å²) >= 11 is 0. The fourth-order valence-electron chi connectivity index (χ4n) is 2.08. The van der Waals surface area contributed by atoms with Gasteiger partial charge >= 0.3 is 0 Å². The highest BCUT2D eigenvalue weighted by atomic mass is 16.1. The van der Waals surface area contributed by atoms with Crippen molar-refractivity contribution in [2.45, 2.75) is 18.9 Å². The van der Waals surface area contributed by atoms with Gasteiger partial charge in [0.05, 0.1) is 16.9 Å². The van der Waals surface area contributed by atoms with E-state index in [1.165, 1.54) is 0 Å². The predicted octanol–water partition coefficient (Wildman–Crippen LogP) is 0.743. The molecule has 1 aliphatic rings. The first kappa shape index (κ1) is 9.47. The Morgan fingerprint density at radius 1 is 1.44 bits per heavy atom. The molecule has 5 nitrogen and oxygen atoms in total. The van der Waals surface area contributed by atoms with Crippen LogP contribution in [0.3, 0.4) is 0 Å². The molecule has 0 saturated carbocycles. The Hall–Kier alpha value is -1.75. The fraction of sp³-hybridized carbons (Fsp3) is 0.364. The maximum absolute atomic E-state index is 11.8. The zero-order chi connectivity index (χ0) is 11.0. The molecule has 1 atom stereocenters. The Bertz CT molecular complexity index is 571. The summed E-state index contributed by atoms with van der Waals surface area (Å²) in [4.78, 5) is 23.0. The Labute approximate surface area is 91.9 Å². The number of aromatic nitrogens is 3. The summed E-state index contributed by atoms with van der Waals surface area (Å²) in [6.45, 7) is 0.989. The monoisotopic (exact) mass is 216 g/mol. The number of nitrogens with one attached hydrogen (secondary N) is 2. The molecule has 0 radical (unpaired) electrons. The van der Waals surface area contributed by atoms with E-state index in [1.54, 1.807) is 18.5 Å². The van der Waals surface area contributed by atoms with E-state index in [1.807, 2.05) is 0 Å². The van der Waals surface area contributed by atoms with Gasteiger partial charge in [-0.3, -0.25) is 9.78 Å². The summed E-state index contributed by atoms with van der Waals surface area (Å²) in [6.07, 6.45) is 5.36. The summed E-state index contributed by atoms with van der Waals surface area (Å²) in [5.74, 6) is 0.737. The van der Waals surface area contributed by atoms with Crippen LogP contribution >= 0.6 is 0 Å². The lowest BCUT2D eigenvalue weighted by atomic mass is 10.2. The third-order valence-corrected chi connectivity index (χ3v) is 2.92. The molecule has 0 bridgehead atoms. The van der Waals surface area contributed by atoms with Crippen molar-refractivity contribution >= 4 is 10.9 Å². The molecular weight excluding hydrogens is 204 g/mol. The van der Waals surface area contributed by atoms with Crippen LogP contribution < -0.4 is 10.9 Å². The average molecular weight is 216 g/mol. The van der Waals surface area contributed by atoms with Crippen molar-refractivity contribution in [3.63, 3.8) is 0 Å². The summed E-state index contributed by atoms with van der Waals surface area (Å²) in [6, 6.07) is 1.95. The molecule has 1 fully saturated rings. The molecule has 2 aromatic rings. The van der Waals surface area contributed by atoms with Gasteiger partial charge in [-0.2, -0.15) is 0 Å². The number of hydrogen-bond donors (Lipinski definition) is 2. The van der Waals surface area contributed by atoms with E-state index in [-0.39, 0.29) is 11.6 Å². The molecule has 0 amide bonds. The number of pyridine rings is 1. The molecule has 16 heavy (non-hydrogen) atoms. The van der Waals surface area contributed by atoms with Gasteiger partial charge in [-0.15, -0.1) is 0 Å². The lowest BCUT2D eigenvalue weighted by Crippen LogP contribution is -2.20. The minimum Gasteiger partial charge on any atom is -0.309 e. The zero-order valence-electron chi connectivity index (χ0n) is 8.73. The van der Waals surface area contributed by atoms with Crippen molar-refractivity contribution in [1.29, 1.82) is 0 Å². The SMILES string of the molecule is O=c1[nH]c([C@H]2CCCN2)nc2ccncc12. The third-order valence-electron chi connectivity index (χ3n) is 2.92. The minimum absolute atomic E-state index is 0.109. The second-order valence-corrected chi connectivity index (χ2v) is 3.99. The first-order chi connectivity index (χ1) is 7.84. The number of hydrogen-bond acceptors (Lipinski definition) is 4. The van der Waals surface area contributed by atoms with Crippen LogP contribution in [0.5, 0.6) is 0 Å². The molecule has 82 valence electrons. The van der Waals surface area contributed by atoms with E-state index >= 15 is 0 Å². The molecule has 1 saturated heterocycles. The standard InChI is InChI=1S/C11H12N4O/c16-11-7-6-12-5-3-8(7)14-10(15-11)9-2-1-4-13-9/h3,5-6,9,13H,1-2,4H2,(H,14,15,16)/t9-/m1/s1. The maximum Gasteiger partial charge on any atom is 0.260 e. The highest BCUT2D eigenvalue weighted by Gasteiger charge is 2.19. The van der Waals surface area contributed by atoms with Crippen LogP contribution in [0.4, 0.5) is 0 Å². The summed E-state index contributed by atoms with van der Waals surface area (Å²) < 4.78 is 0. The minimum atomic E-state index is -0.109. The lowest BCUT2D eigenvalue weighted by Gasteiger charge is -2.09. The van der Waals surface area contributed by atoms with Gasteiger partial charge < -0.3 is 10.3 Å². The van der Waals surface area contributed by atoms with Crippen LogP contribution in [-0.4, -0.2) is 21.5 Å². The summed E-state index contributed by atoms with van der Waals surface area (Å²) in [7, 11) is 0. The third kappa shape index (κ3) is 1.49. The van der Waals surface area contributed by atoms with Crippen LogP contribution in [0.1, 0.15) is 24.7 Å². The van der Waals surface area contributed by atoms with Crippen molar-refractivity contribution in [2.75, 3.05) is 6.54 Å². The molecule has 2 N–H and O–H groups in total. The predicted molar refractivity (Wildman–Crippen MR) is 60.1 cm³/mol. The van der Waals surface area contributed by atoms with Crippen LogP contribution in [0.25, 0.3) is 10.9 Å². The van der Waals surface area contributed by atoms with E-state index in [0.717, 1.165) is 25.2 Å². The highest BCUT2D eigenvalue weighted by Crippen LogP contribution is 2.19. The number of H-pyrrole nitrogens is 1. The first-order valence-electron chi connectivity index (χ1n) is 5.42. The number of aromatic amines is 1. The molecule has 0 aromatic carbocycles. The number of nitrogens with zero attached hydrogens (tertiary/aromatic N) is 2. The van der Waals surface area contributed by atoms with Crippen LogP contribution in [0, 0.1) is 0 Å². The van der Waals surface area contributed by atoms with Gasteiger partial charge in [-0.05, 0) is 25.5 Å². The van der Waals surface area contributed by atoms with Crippen molar-refractivity contribution in [1.82, 2.24) is 20.3 Å². The Morgan fingerprint density at radius 2 is 2.38 bits per heavy atom. The van der Waals surface area contributed by atoms with Crippen molar-refractivity contribution in [3.8, 4) is 0 Å². The smallest absolute Gasteiger partial charge is 0.260 e. The van der Waals surface area contributed by atoms with Crippen molar-refractivity contribution in [3.05, 3.63) is 34.6 Å². The first-order valence-corrected chi connectivity index (χ1v) is 5.42. The van der Waals surface area contributed by atoms with E-state index in [0.29, 0.717) is 10.9 Å². The van der Waals surface area contributed by atoms with E-state index in [2.05, 4.69) is 20.3 Å². The van der Waals surface area contributed by atoms with Crippen molar-refractivity contribution in [2.24, 2.45) is 0 Å². The molecule has 5 heteroatoms.